The minimum Gasteiger partial charge on any atom is -0.463 e. The van der Waals surface area contributed by atoms with Crippen LogP contribution in [0.4, 0.5) is 0 Å². The van der Waals surface area contributed by atoms with Crippen molar-refractivity contribution in [1.29, 1.82) is 0 Å². The van der Waals surface area contributed by atoms with Gasteiger partial charge in [0.05, 0.1) is 12.5 Å². The second kappa shape index (κ2) is 6.39. The van der Waals surface area contributed by atoms with Gasteiger partial charge in [-0.2, -0.15) is 5.10 Å². The first-order chi connectivity index (χ1) is 7.74. The average Bonchev–Trinajstić information content (AvgIpc) is 2.78. The van der Waals surface area contributed by atoms with E-state index in [0.717, 1.165) is 6.42 Å². The molecule has 0 saturated carbocycles. The number of hydrogen-bond donors (Lipinski definition) is 2. The predicted octanol–water partition coefficient (Wildman–Crippen LogP) is 0.256. The second-order valence-corrected chi connectivity index (χ2v) is 2.97. The Morgan fingerprint density at radius 3 is 2.94 bits per heavy atom. The maximum atomic E-state index is 11.1. The van der Waals surface area contributed by atoms with Crippen LogP contribution in [-0.4, -0.2) is 24.6 Å². The van der Waals surface area contributed by atoms with Gasteiger partial charge in [0.2, 0.25) is 0 Å². The smallest absolute Gasteiger partial charge is 0.329 e. The molecule has 0 aliphatic carbocycles. The third kappa shape index (κ3) is 3.95. The van der Waals surface area contributed by atoms with Crippen molar-refractivity contribution < 1.29 is 14.0 Å². The van der Waals surface area contributed by atoms with Gasteiger partial charge in [-0.05, 0) is 18.6 Å². The molecule has 0 saturated heterocycles. The molecular weight excluding hydrogens is 210 g/mol. The van der Waals surface area contributed by atoms with Gasteiger partial charge in [0.15, 0.2) is 0 Å². The number of furan rings is 1. The molecule has 1 aromatic rings. The largest absolute Gasteiger partial charge is 0.463 e. The standard InChI is InChI=1S/C10H13N3O3/c1-2-5-11-9(14)10(15)13-12-7-8-4-3-6-16-8/h3-4,6-7H,2,5H2,1H3,(H,11,14)(H,13,15)/b12-7+. The first-order valence-corrected chi connectivity index (χ1v) is 4.88. The van der Waals surface area contributed by atoms with Crippen LogP contribution in [0.5, 0.6) is 0 Å². The summed E-state index contributed by atoms with van der Waals surface area (Å²) in [5.74, 6) is -0.996. The molecule has 0 radical (unpaired) electrons. The van der Waals surface area contributed by atoms with Crippen LogP contribution >= 0.6 is 0 Å². The molecule has 6 heteroatoms. The molecule has 2 amide bonds. The number of hydrogen-bond acceptors (Lipinski definition) is 4. The molecule has 0 fully saturated rings. The van der Waals surface area contributed by atoms with E-state index < -0.39 is 11.8 Å². The van der Waals surface area contributed by atoms with Gasteiger partial charge in [0.25, 0.3) is 0 Å². The fraction of sp³-hybridized carbons (Fsp3) is 0.300. The zero-order chi connectivity index (χ0) is 11.8. The molecule has 1 aromatic heterocycles. The predicted molar refractivity (Wildman–Crippen MR) is 57.7 cm³/mol. The van der Waals surface area contributed by atoms with Crippen molar-refractivity contribution in [3.8, 4) is 0 Å². The van der Waals surface area contributed by atoms with Crippen LogP contribution in [0.25, 0.3) is 0 Å². The van der Waals surface area contributed by atoms with Gasteiger partial charge in [0.1, 0.15) is 5.76 Å². The Morgan fingerprint density at radius 1 is 1.50 bits per heavy atom. The Kier molecular flexibility index (Phi) is 4.78. The van der Waals surface area contributed by atoms with E-state index in [4.69, 9.17) is 4.42 Å². The first kappa shape index (κ1) is 12.0. The number of nitrogens with zero attached hydrogens (tertiary/aromatic N) is 1. The van der Waals surface area contributed by atoms with Crippen LogP contribution in [0.1, 0.15) is 19.1 Å². The highest BCUT2D eigenvalue weighted by Gasteiger charge is 2.10. The number of hydrazone groups is 1. The van der Waals surface area contributed by atoms with Crippen molar-refractivity contribution in [1.82, 2.24) is 10.7 Å². The molecule has 0 atom stereocenters. The van der Waals surface area contributed by atoms with Gasteiger partial charge >= 0.3 is 11.8 Å². The number of carbonyl (C=O) groups excluding carboxylic acids is 2. The number of nitrogens with one attached hydrogen (secondary N) is 2. The average molecular weight is 223 g/mol. The molecule has 0 aromatic carbocycles. The lowest BCUT2D eigenvalue weighted by Crippen LogP contribution is -2.38. The fourth-order valence-electron chi connectivity index (χ4n) is 0.889. The second-order valence-electron chi connectivity index (χ2n) is 2.97. The number of rotatable bonds is 4. The van der Waals surface area contributed by atoms with E-state index in [1.807, 2.05) is 6.92 Å². The molecule has 6 nitrogen and oxygen atoms in total. The lowest BCUT2D eigenvalue weighted by atomic mass is 10.4. The van der Waals surface area contributed by atoms with Crippen molar-refractivity contribution in [2.45, 2.75) is 13.3 Å². The lowest BCUT2D eigenvalue weighted by molar-refractivity contribution is -0.139. The minimum absolute atomic E-state index is 0.466. The Balaban J connectivity index is 2.32. The molecule has 0 bridgehead atoms. The summed E-state index contributed by atoms with van der Waals surface area (Å²) in [6.07, 6.45) is 3.57. The molecule has 1 rings (SSSR count). The van der Waals surface area contributed by atoms with E-state index >= 15 is 0 Å². The summed E-state index contributed by atoms with van der Waals surface area (Å²) in [7, 11) is 0. The summed E-state index contributed by atoms with van der Waals surface area (Å²) in [4.78, 5) is 22.2. The van der Waals surface area contributed by atoms with Gasteiger partial charge in [-0.15, -0.1) is 0 Å². The van der Waals surface area contributed by atoms with Crippen molar-refractivity contribution in [2.75, 3.05) is 6.54 Å². The molecule has 0 aliphatic heterocycles. The number of amides is 2. The van der Waals surface area contributed by atoms with E-state index in [0.29, 0.717) is 12.3 Å². The van der Waals surface area contributed by atoms with Crippen LogP contribution < -0.4 is 10.7 Å². The molecule has 1 heterocycles. The van der Waals surface area contributed by atoms with Crippen LogP contribution in [0.2, 0.25) is 0 Å². The molecular formula is C10H13N3O3. The fourth-order valence-corrected chi connectivity index (χ4v) is 0.889. The summed E-state index contributed by atoms with van der Waals surface area (Å²) in [5, 5.41) is 5.99. The normalized spacial score (nSPS) is 10.3. The van der Waals surface area contributed by atoms with Crippen molar-refractivity contribution in [3.05, 3.63) is 24.2 Å². The van der Waals surface area contributed by atoms with Crippen LogP contribution in [-0.2, 0) is 9.59 Å². The van der Waals surface area contributed by atoms with E-state index in [1.165, 1.54) is 12.5 Å². The zero-order valence-electron chi connectivity index (χ0n) is 8.90. The minimum atomic E-state index is -0.795. The van der Waals surface area contributed by atoms with Crippen LogP contribution in [0, 0.1) is 0 Å². The summed E-state index contributed by atoms with van der Waals surface area (Å²) in [6.45, 7) is 2.36. The van der Waals surface area contributed by atoms with E-state index in [2.05, 4.69) is 15.8 Å². The Bertz CT molecular complexity index is 371. The van der Waals surface area contributed by atoms with Crippen molar-refractivity contribution in [2.24, 2.45) is 5.10 Å². The molecule has 0 aliphatic rings. The highest BCUT2D eigenvalue weighted by molar-refractivity contribution is 6.35. The van der Waals surface area contributed by atoms with Gasteiger partial charge in [-0.1, -0.05) is 6.92 Å². The van der Waals surface area contributed by atoms with Gasteiger partial charge in [-0.3, -0.25) is 9.59 Å². The monoisotopic (exact) mass is 223 g/mol. The third-order valence-corrected chi connectivity index (χ3v) is 1.64. The SMILES string of the molecule is CCCNC(=O)C(=O)N/N=C/c1ccco1. The zero-order valence-corrected chi connectivity index (χ0v) is 8.90. The van der Waals surface area contributed by atoms with Crippen molar-refractivity contribution >= 4 is 18.0 Å². The summed E-state index contributed by atoms with van der Waals surface area (Å²) in [6, 6.07) is 3.37. The summed E-state index contributed by atoms with van der Waals surface area (Å²) >= 11 is 0. The summed E-state index contributed by atoms with van der Waals surface area (Å²) in [5.41, 5.74) is 2.09. The lowest BCUT2D eigenvalue weighted by Gasteiger charge is -2.00. The molecule has 0 spiro atoms. The van der Waals surface area contributed by atoms with Crippen LogP contribution in [0.15, 0.2) is 27.9 Å². The highest BCUT2D eigenvalue weighted by atomic mass is 16.3. The molecule has 2 N–H and O–H groups in total. The highest BCUT2D eigenvalue weighted by Crippen LogP contribution is 1.94. The Labute approximate surface area is 92.7 Å². The quantitative estimate of drug-likeness (QED) is 0.436. The van der Waals surface area contributed by atoms with E-state index in [1.54, 1.807) is 12.1 Å². The molecule has 16 heavy (non-hydrogen) atoms. The maximum absolute atomic E-state index is 11.1. The molecule has 86 valence electrons. The first-order valence-electron chi connectivity index (χ1n) is 4.88. The molecule has 0 unspecified atom stereocenters. The van der Waals surface area contributed by atoms with Gasteiger partial charge in [-0.25, -0.2) is 5.43 Å². The van der Waals surface area contributed by atoms with E-state index in [9.17, 15) is 9.59 Å². The van der Waals surface area contributed by atoms with Gasteiger partial charge < -0.3 is 9.73 Å². The van der Waals surface area contributed by atoms with Gasteiger partial charge in [0, 0.05) is 6.54 Å². The summed E-state index contributed by atoms with van der Waals surface area (Å²) < 4.78 is 4.94. The number of carbonyl (C=O) groups is 2. The van der Waals surface area contributed by atoms with Crippen molar-refractivity contribution in [3.63, 3.8) is 0 Å². The van der Waals surface area contributed by atoms with E-state index in [-0.39, 0.29) is 0 Å². The Hall–Kier alpha value is -2.11. The Morgan fingerprint density at radius 2 is 2.31 bits per heavy atom. The maximum Gasteiger partial charge on any atom is 0.329 e. The third-order valence-electron chi connectivity index (χ3n) is 1.64. The van der Waals surface area contributed by atoms with Crippen LogP contribution in [0.3, 0.4) is 0 Å². The topological polar surface area (TPSA) is 83.7 Å².